The normalized spacial score (nSPS) is 13.5. The van der Waals surface area contributed by atoms with Gasteiger partial charge in [-0.25, -0.2) is 0 Å². The largest absolute Gasteiger partial charge is 0.456 e. The molecule has 8 aromatic rings. The summed E-state index contributed by atoms with van der Waals surface area (Å²) in [5.74, 6) is 0. The van der Waals surface area contributed by atoms with Crippen LogP contribution in [0.25, 0.3) is 71.7 Å². The monoisotopic (exact) mass is 550 g/mol. The van der Waals surface area contributed by atoms with Crippen LogP contribution >= 0.6 is 0 Å². The van der Waals surface area contributed by atoms with Crippen LogP contribution in [-0.4, -0.2) is 4.57 Å². The summed E-state index contributed by atoms with van der Waals surface area (Å²) in [6, 6.07) is 45.1. The van der Waals surface area contributed by atoms with Gasteiger partial charge < -0.3 is 8.98 Å². The van der Waals surface area contributed by atoms with E-state index in [0.717, 1.165) is 49.8 Å². The van der Waals surface area contributed by atoms with Crippen molar-refractivity contribution in [3.8, 4) is 34.0 Å². The highest BCUT2D eigenvalue weighted by Crippen LogP contribution is 2.51. The molecule has 43 heavy (non-hydrogen) atoms. The second-order valence-electron chi connectivity index (χ2n) is 12.1. The Labute approximate surface area is 248 Å². The SMILES string of the molecule is CC1(C)c2ccccc2-c2cc3c(cc21)oc1cc(-c2cc(C#N)ccc2-n2c4ccccc4c4ccccc42)ccc13. The Bertz CT molecular complexity index is 2450. The summed E-state index contributed by atoms with van der Waals surface area (Å²) in [4.78, 5) is 0. The molecule has 3 heteroatoms. The average Bonchev–Trinajstić information content (AvgIpc) is 3.65. The van der Waals surface area contributed by atoms with Gasteiger partial charge in [0.1, 0.15) is 11.2 Å². The summed E-state index contributed by atoms with van der Waals surface area (Å²) in [5, 5.41) is 14.5. The summed E-state index contributed by atoms with van der Waals surface area (Å²) >= 11 is 0. The smallest absolute Gasteiger partial charge is 0.136 e. The minimum absolute atomic E-state index is 0.0841. The summed E-state index contributed by atoms with van der Waals surface area (Å²) in [6.45, 7) is 4.59. The Morgan fingerprint density at radius 2 is 1.28 bits per heavy atom. The first-order valence-corrected chi connectivity index (χ1v) is 14.7. The lowest BCUT2D eigenvalue weighted by atomic mass is 9.82. The number of furan rings is 1. The van der Waals surface area contributed by atoms with Gasteiger partial charge in [-0.15, -0.1) is 0 Å². The molecule has 0 saturated heterocycles. The van der Waals surface area contributed by atoms with E-state index in [2.05, 4.69) is 134 Å². The van der Waals surface area contributed by atoms with Crippen LogP contribution in [0.3, 0.4) is 0 Å². The van der Waals surface area contributed by atoms with Crippen LogP contribution in [0.4, 0.5) is 0 Å². The number of aromatic nitrogens is 1. The van der Waals surface area contributed by atoms with Gasteiger partial charge in [-0.3, -0.25) is 0 Å². The lowest BCUT2D eigenvalue weighted by molar-refractivity contribution is 0.647. The van der Waals surface area contributed by atoms with E-state index in [1.165, 1.54) is 33.0 Å². The van der Waals surface area contributed by atoms with Crippen molar-refractivity contribution in [3.63, 3.8) is 0 Å². The van der Waals surface area contributed by atoms with Gasteiger partial charge in [0.15, 0.2) is 0 Å². The number of para-hydroxylation sites is 2. The van der Waals surface area contributed by atoms with Crippen LogP contribution in [-0.2, 0) is 5.41 Å². The van der Waals surface area contributed by atoms with Gasteiger partial charge in [0, 0.05) is 32.5 Å². The third kappa shape index (κ3) is 3.24. The molecule has 2 heterocycles. The topological polar surface area (TPSA) is 41.9 Å². The quantitative estimate of drug-likeness (QED) is 0.215. The van der Waals surface area contributed by atoms with Gasteiger partial charge in [0.05, 0.1) is 28.4 Å². The number of nitriles is 1. The fraction of sp³-hybridized carbons (Fsp3) is 0.0750. The van der Waals surface area contributed by atoms with E-state index in [0.29, 0.717) is 5.56 Å². The van der Waals surface area contributed by atoms with Crippen molar-refractivity contribution in [2.45, 2.75) is 19.3 Å². The zero-order chi connectivity index (χ0) is 28.9. The molecule has 9 rings (SSSR count). The Morgan fingerprint density at radius 3 is 2.05 bits per heavy atom. The zero-order valence-corrected chi connectivity index (χ0v) is 23.8. The van der Waals surface area contributed by atoms with Crippen molar-refractivity contribution >= 4 is 43.7 Å². The lowest BCUT2D eigenvalue weighted by Gasteiger charge is -2.21. The zero-order valence-electron chi connectivity index (χ0n) is 23.8. The summed E-state index contributed by atoms with van der Waals surface area (Å²) < 4.78 is 8.90. The molecular formula is C40H26N2O. The van der Waals surface area contributed by atoms with E-state index in [1.54, 1.807) is 0 Å². The molecule has 2 aromatic heterocycles. The van der Waals surface area contributed by atoms with Crippen LogP contribution in [0, 0.1) is 11.3 Å². The molecule has 0 saturated carbocycles. The Hall–Kier alpha value is -5.59. The van der Waals surface area contributed by atoms with Gasteiger partial charge >= 0.3 is 0 Å². The number of rotatable bonds is 2. The van der Waals surface area contributed by atoms with Gasteiger partial charge in [-0.2, -0.15) is 5.26 Å². The summed E-state index contributed by atoms with van der Waals surface area (Å²) in [7, 11) is 0. The third-order valence-electron chi connectivity index (χ3n) is 9.43. The van der Waals surface area contributed by atoms with Crippen molar-refractivity contribution < 1.29 is 4.42 Å². The maximum atomic E-state index is 9.86. The summed E-state index contributed by atoms with van der Waals surface area (Å²) in [5.41, 5.74) is 12.9. The first-order chi connectivity index (χ1) is 21.0. The highest BCUT2D eigenvalue weighted by Gasteiger charge is 2.36. The molecule has 1 aliphatic carbocycles. The van der Waals surface area contributed by atoms with Crippen LogP contribution in [0.15, 0.2) is 126 Å². The van der Waals surface area contributed by atoms with E-state index >= 15 is 0 Å². The van der Waals surface area contributed by atoms with Crippen LogP contribution in [0.2, 0.25) is 0 Å². The molecule has 0 radical (unpaired) electrons. The van der Waals surface area contributed by atoms with E-state index in [4.69, 9.17) is 4.42 Å². The van der Waals surface area contributed by atoms with Crippen molar-refractivity contribution in [3.05, 3.63) is 138 Å². The number of hydrogen-bond donors (Lipinski definition) is 0. The highest BCUT2D eigenvalue weighted by atomic mass is 16.3. The number of benzene rings is 6. The Balaban J connectivity index is 1.28. The van der Waals surface area contributed by atoms with Gasteiger partial charge in [-0.05, 0) is 82.4 Å². The Morgan fingerprint density at radius 1 is 0.581 bits per heavy atom. The molecule has 202 valence electrons. The average molecular weight is 551 g/mol. The molecule has 0 atom stereocenters. The maximum Gasteiger partial charge on any atom is 0.136 e. The van der Waals surface area contributed by atoms with Crippen LogP contribution in [0.5, 0.6) is 0 Å². The van der Waals surface area contributed by atoms with Crippen LogP contribution in [0.1, 0.15) is 30.5 Å². The van der Waals surface area contributed by atoms with Crippen molar-refractivity contribution in [2.24, 2.45) is 0 Å². The molecule has 1 aliphatic rings. The standard InChI is InChI=1S/C40H26N2O/c1-40(2)33-12-6-3-9-26(33)31-21-32-29-17-16-25(20-38(29)43-39(32)22-34(31)40)30-19-24(23-41)15-18-37(30)42-35-13-7-4-10-27(35)28-11-5-8-14-36(28)42/h3-22H,1-2H3. The van der Waals surface area contributed by atoms with Crippen molar-refractivity contribution in [1.82, 2.24) is 4.57 Å². The van der Waals surface area contributed by atoms with Gasteiger partial charge in [0.25, 0.3) is 0 Å². The minimum atomic E-state index is -0.0841. The van der Waals surface area contributed by atoms with E-state index in [-0.39, 0.29) is 5.41 Å². The molecule has 0 spiro atoms. The molecule has 6 aromatic carbocycles. The van der Waals surface area contributed by atoms with Crippen LogP contribution < -0.4 is 0 Å². The minimum Gasteiger partial charge on any atom is -0.456 e. The molecule has 0 bridgehead atoms. The molecule has 0 aliphatic heterocycles. The number of hydrogen-bond acceptors (Lipinski definition) is 2. The second-order valence-corrected chi connectivity index (χ2v) is 12.1. The Kier molecular flexibility index (Phi) is 4.74. The maximum absolute atomic E-state index is 9.86. The fourth-order valence-electron chi connectivity index (χ4n) is 7.35. The van der Waals surface area contributed by atoms with Crippen molar-refractivity contribution in [2.75, 3.05) is 0 Å². The highest BCUT2D eigenvalue weighted by molar-refractivity contribution is 6.11. The molecular weight excluding hydrogens is 524 g/mol. The first-order valence-electron chi connectivity index (χ1n) is 14.7. The molecule has 0 N–H and O–H groups in total. The predicted molar refractivity (Wildman–Crippen MR) is 176 cm³/mol. The fourth-order valence-corrected chi connectivity index (χ4v) is 7.35. The first kappa shape index (κ1) is 24.1. The summed E-state index contributed by atoms with van der Waals surface area (Å²) in [6.07, 6.45) is 0. The predicted octanol–water partition coefficient (Wildman–Crippen LogP) is 10.5. The van der Waals surface area contributed by atoms with E-state index in [9.17, 15) is 5.26 Å². The van der Waals surface area contributed by atoms with E-state index in [1.807, 2.05) is 12.1 Å². The molecule has 0 amide bonds. The molecule has 3 nitrogen and oxygen atoms in total. The number of fused-ring (bicyclic) bond motifs is 9. The second kappa shape index (κ2) is 8.47. The van der Waals surface area contributed by atoms with Crippen molar-refractivity contribution in [1.29, 1.82) is 5.26 Å². The molecule has 0 fully saturated rings. The number of nitrogens with zero attached hydrogens (tertiary/aromatic N) is 2. The molecule has 0 unspecified atom stereocenters. The van der Waals surface area contributed by atoms with Gasteiger partial charge in [-0.1, -0.05) is 80.6 Å². The third-order valence-corrected chi connectivity index (χ3v) is 9.43. The van der Waals surface area contributed by atoms with Gasteiger partial charge in [0.2, 0.25) is 0 Å². The van der Waals surface area contributed by atoms with E-state index < -0.39 is 0 Å². The lowest BCUT2D eigenvalue weighted by Crippen LogP contribution is -2.14.